The Labute approximate surface area is 224 Å². The molecule has 3 aliphatic carbocycles. The average molecular weight is 537 g/mol. The Bertz CT molecular complexity index is 1460. The molecule has 0 bridgehead atoms. The molecule has 0 aliphatic heterocycles. The van der Waals surface area contributed by atoms with Gasteiger partial charge < -0.3 is 35.9 Å². The Morgan fingerprint density at radius 2 is 1.92 bits per heavy atom. The Kier molecular flexibility index (Phi) is 6.23. The second kappa shape index (κ2) is 9.10. The van der Waals surface area contributed by atoms with Crippen molar-refractivity contribution in [1.82, 2.24) is 5.32 Å². The summed E-state index contributed by atoms with van der Waals surface area (Å²) < 4.78 is 5.29. The van der Waals surface area contributed by atoms with Gasteiger partial charge in [0.05, 0.1) is 18.1 Å². The first-order valence-corrected chi connectivity index (χ1v) is 12.8. The van der Waals surface area contributed by atoms with Crippen LogP contribution >= 0.6 is 0 Å². The number of benzene rings is 1. The van der Waals surface area contributed by atoms with Gasteiger partial charge in [0.15, 0.2) is 11.4 Å². The van der Waals surface area contributed by atoms with Crippen LogP contribution in [-0.2, 0) is 22.6 Å². The molecule has 1 amide bonds. The number of nitrogens with two attached hydrogens (primary N) is 1. The molecule has 206 valence electrons. The Morgan fingerprint density at radius 3 is 2.54 bits per heavy atom. The van der Waals surface area contributed by atoms with E-state index in [1.807, 2.05) is 6.07 Å². The molecule has 0 saturated carbocycles. The third-order valence-electron chi connectivity index (χ3n) is 7.94. The fraction of sp³-hybridized carbons (Fsp3) is 0.414. The SMILES string of the molecule is CC(C)(C)CNCc1cc(-c2ccoc2)c2c(c1O)C(=O)C1=C(O)[C@]3(O)C(=O)C(C(N)=O)=C(O)C[C@@H]3C[C@@H]1C2. The number of hydrogen-bond donors (Lipinski definition) is 6. The molecule has 10 nitrogen and oxygen atoms in total. The largest absolute Gasteiger partial charge is 0.511 e. The van der Waals surface area contributed by atoms with Crippen molar-refractivity contribution in [1.29, 1.82) is 0 Å². The van der Waals surface area contributed by atoms with Crippen LogP contribution in [0.5, 0.6) is 5.75 Å². The summed E-state index contributed by atoms with van der Waals surface area (Å²) in [5, 5.41) is 47.7. The molecule has 7 N–H and O–H groups in total. The number of phenolic OH excluding ortho intramolecular Hbond substituents is 1. The highest BCUT2D eigenvalue weighted by Crippen LogP contribution is 2.52. The van der Waals surface area contributed by atoms with E-state index in [0.717, 1.165) is 0 Å². The van der Waals surface area contributed by atoms with E-state index in [9.17, 15) is 34.8 Å². The van der Waals surface area contributed by atoms with Gasteiger partial charge >= 0.3 is 0 Å². The monoisotopic (exact) mass is 536 g/mol. The maximum Gasteiger partial charge on any atom is 0.255 e. The van der Waals surface area contributed by atoms with Crippen LogP contribution in [0, 0.1) is 17.3 Å². The molecule has 1 aromatic carbocycles. The van der Waals surface area contributed by atoms with Crippen LogP contribution in [0.1, 0.15) is 55.1 Å². The lowest BCUT2D eigenvalue weighted by molar-refractivity contribution is -0.144. The Hall–Kier alpha value is -3.89. The van der Waals surface area contributed by atoms with Crippen molar-refractivity contribution >= 4 is 17.5 Å². The summed E-state index contributed by atoms with van der Waals surface area (Å²) in [7, 11) is 0. The number of allylic oxidation sites excluding steroid dienone is 2. The van der Waals surface area contributed by atoms with Gasteiger partial charge in [0.1, 0.15) is 22.8 Å². The lowest BCUT2D eigenvalue weighted by Gasteiger charge is -2.45. The number of fused-ring (bicyclic) bond motifs is 3. The standard InChI is InChI=1S/C29H32N2O8/c1-28(2,3)12-31-10-15-8-17(13-4-5-39-11-13)18-7-14-6-16-9-19(32)22(27(30)37)26(36)29(16,38)25(35)20(14)24(34)21(18)23(15)33/h4-5,8,11,14,16,31-33,35,38H,6-7,9-10,12H2,1-3H3,(H2,30,37)/t14-,16+,29+/m1/s1. The Morgan fingerprint density at radius 1 is 1.21 bits per heavy atom. The fourth-order valence-corrected chi connectivity index (χ4v) is 6.13. The highest BCUT2D eigenvalue weighted by molar-refractivity contribution is 6.24. The number of furan rings is 1. The lowest BCUT2D eigenvalue weighted by Crippen LogP contribution is -2.57. The van der Waals surface area contributed by atoms with E-state index in [1.165, 1.54) is 6.26 Å². The molecule has 10 heteroatoms. The maximum absolute atomic E-state index is 14.0. The van der Waals surface area contributed by atoms with E-state index in [1.54, 1.807) is 12.3 Å². The van der Waals surface area contributed by atoms with Crippen molar-refractivity contribution in [2.24, 2.45) is 23.0 Å². The second-order valence-electron chi connectivity index (χ2n) is 11.9. The highest BCUT2D eigenvalue weighted by atomic mass is 16.3. The third-order valence-corrected chi connectivity index (χ3v) is 7.94. The van der Waals surface area contributed by atoms with E-state index in [2.05, 4.69) is 26.1 Å². The van der Waals surface area contributed by atoms with Crippen LogP contribution < -0.4 is 11.1 Å². The van der Waals surface area contributed by atoms with E-state index >= 15 is 0 Å². The number of primary amides is 1. The van der Waals surface area contributed by atoms with Gasteiger partial charge in [0.2, 0.25) is 5.78 Å². The predicted octanol–water partition coefficient (Wildman–Crippen LogP) is 2.98. The number of carbonyl (C=O) groups excluding carboxylic acids is 3. The number of nitrogens with one attached hydrogen (secondary N) is 1. The van der Waals surface area contributed by atoms with Crippen LogP contribution in [-0.4, -0.2) is 50.0 Å². The van der Waals surface area contributed by atoms with Crippen molar-refractivity contribution in [3.63, 3.8) is 0 Å². The van der Waals surface area contributed by atoms with Gasteiger partial charge in [-0.15, -0.1) is 0 Å². The van der Waals surface area contributed by atoms with Crippen LogP contribution in [0.4, 0.5) is 0 Å². The summed E-state index contributed by atoms with van der Waals surface area (Å²) >= 11 is 0. The predicted molar refractivity (Wildman–Crippen MR) is 140 cm³/mol. The first kappa shape index (κ1) is 26.7. The molecule has 0 saturated heterocycles. The Balaban J connectivity index is 1.65. The molecule has 0 radical (unpaired) electrons. The molecule has 0 unspecified atom stereocenters. The van der Waals surface area contributed by atoms with Crippen molar-refractivity contribution in [2.75, 3.05) is 6.54 Å². The number of amides is 1. The van der Waals surface area contributed by atoms with Gasteiger partial charge in [-0.05, 0) is 47.4 Å². The number of aliphatic hydroxyl groups is 3. The molecule has 39 heavy (non-hydrogen) atoms. The smallest absolute Gasteiger partial charge is 0.255 e. The summed E-state index contributed by atoms with van der Waals surface area (Å²) in [6.45, 7) is 7.10. The van der Waals surface area contributed by atoms with Crippen LogP contribution in [0.3, 0.4) is 0 Å². The van der Waals surface area contributed by atoms with Crippen molar-refractivity contribution in [3.05, 3.63) is 64.0 Å². The van der Waals surface area contributed by atoms with Crippen LogP contribution in [0.25, 0.3) is 11.1 Å². The number of rotatable bonds is 5. The van der Waals surface area contributed by atoms with Gasteiger partial charge in [-0.1, -0.05) is 20.8 Å². The summed E-state index contributed by atoms with van der Waals surface area (Å²) in [6, 6.07) is 3.56. The van der Waals surface area contributed by atoms with Crippen molar-refractivity contribution in [2.45, 2.75) is 52.2 Å². The van der Waals surface area contributed by atoms with Crippen molar-refractivity contribution < 1.29 is 39.2 Å². The van der Waals surface area contributed by atoms with Gasteiger partial charge in [-0.3, -0.25) is 14.4 Å². The number of Topliss-reactive ketones (excluding diaryl/α,β-unsaturated/α-hetero) is 2. The molecule has 1 heterocycles. The molecule has 3 atom stereocenters. The normalized spacial score (nSPS) is 24.9. The summed E-state index contributed by atoms with van der Waals surface area (Å²) in [5.41, 5.74) is 4.07. The molecule has 0 spiro atoms. The molecule has 0 fully saturated rings. The minimum absolute atomic E-state index is 0.0159. The number of hydrogen-bond acceptors (Lipinski definition) is 9. The zero-order valence-electron chi connectivity index (χ0n) is 22.0. The molecular weight excluding hydrogens is 504 g/mol. The topological polar surface area (TPSA) is 183 Å². The van der Waals surface area contributed by atoms with Gasteiger partial charge in [0, 0.05) is 42.1 Å². The molecular formula is C29H32N2O8. The van der Waals surface area contributed by atoms with Gasteiger partial charge in [-0.2, -0.15) is 0 Å². The zero-order chi connectivity index (χ0) is 28.4. The number of ketones is 2. The average Bonchev–Trinajstić information content (AvgIpc) is 3.36. The van der Waals surface area contributed by atoms with E-state index in [4.69, 9.17) is 10.2 Å². The summed E-state index contributed by atoms with van der Waals surface area (Å²) in [6.07, 6.45) is 3.07. The van der Waals surface area contributed by atoms with Gasteiger partial charge in [-0.25, -0.2) is 0 Å². The van der Waals surface area contributed by atoms with Gasteiger partial charge in [0.25, 0.3) is 5.91 Å². The van der Waals surface area contributed by atoms with Crippen molar-refractivity contribution in [3.8, 4) is 16.9 Å². The number of carbonyl (C=O) groups is 3. The van der Waals surface area contributed by atoms with E-state index in [-0.39, 0.29) is 48.1 Å². The molecule has 2 aromatic rings. The first-order chi connectivity index (χ1) is 18.3. The summed E-state index contributed by atoms with van der Waals surface area (Å²) in [4.78, 5) is 39.0. The number of aromatic hydroxyl groups is 1. The quantitative estimate of drug-likeness (QED) is 0.313. The number of phenols is 1. The molecule has 1 aromatic heterocycles. The van der Waals surface area contributed by atoms with E-state index < -0.39 is 52.0 Å². The second-order valence-corrected chi connectivity index (χ2v) is 11.9. The molecule has 5 rings (SSSR count). The minimum atomic E-state index is -2.59. The lowest BCUT2D eigenvalue weighted by atomic mass is 9.60. The third kappa shape index (κ3) is 4.15. The maximum atomic E-state index is 14.0. The van der Waals surface area contributed by atoms with E-state index in [0.29, 0.717) is 28.8 Å². The van der Waals surface area contributed by atoms with Crippen LogP contribution in [0.2, 0.25) is 0 Å². The number of aliphatic hydroxyl groups excluding tert-OH is 2. The summed E-state index contributed by atoms with van der Waals surface area (Å²) in [5.74, 6) is -6.45. The first-order valence-electron chi connectivity index (χ1n) is 12.8. The van der Waals surface area contributed by atoms with Crippen LogP contribution in [0.15, 0.2) is 51.7 Å². The molecule has 3 aliphatic rings. The zero-order valence-corrected chi connectivity index (χ0v) is 22.0. The fourth-order valence-electron chi connectivity index (χ4n) is 6.13. The minimum Gasteiger partial charge on any atom is -0.511 e. The highest BCUT2D eigenvalue weighted by Gasteiger charge is 2.59.